The number of nitrogens with zero attached hydrogens (tertiary/aromatic N) is 4. The fourth-order valence-electron chi connectivity index (χ4n) is 5.27. The minimum Gasteiger partial charge on any atom is -0.387 e. The number of amides is 2. The van der Waals surface area contributed by atoms with E-state index >= 15 is 0 Å². The van der Waals surface area contributed by atoms with E-state index in [1.807, 2.05) is 54.8 Å². The summed E-state index contributed by atoms with van der Waals surface area (Å²) in [6, 6.07) is 12.4. The van der Waals surface area contributed by atoms with Crippen molar-refractivity contribution < 1.29 is 18.4 Å². The number of benzene rings is 2. The molecule has 0 spiro atoms. The predicted molar refractivity (Wildman–Crippen MR) is 176 cm³/mol. The Morgan fingerprint density at radius 1 is 1.11 bits per heavy atom. The Morgan fingerprint density at radius 3 is 2.56 bits per heavy atom. The average molecular weight is 724 g/mol. The van der Waals surface area contributed by atoms with Crippen LogP contribution in [0.1, 0.15) is 54.4 Å². The van der Waals surface area contributed by atoms with Crippen molar-refractivity contribution in [3.8, 4) is 11.1 Å². The highest BCUT2D eigenvalue weighted by atomic mass is 127. The maximum absolute atomic E-state index is 13.9. The minimum atomic E-state index is -3.55. The lowest BCUT2D eigenvalue weighted by Crippen LogP contribution is -2.53. The third-order valence-electron chi connectivity index (χ3n) is 7.98. The molecule has 1 saturated carbocycles. The molecule has 1 aliphatic heterocycles. The fraction of sp³-hybridized carbons (Fsp3) is 0.303. The number of dihydropyridines is 1. The van der Waals surface area contributed by atoms with Crippen molar-refractivity contribution in [2.45, 2.75) is 48.1 Å². The first kappa shape index (κ1) is 30.8. The molecule has 4 aromatic rings. The van der Waals surface area contributed by atoms with Gasteiger partial charge in [-0.2, -0.15) is 13.9 Å². The van der Waals surface area contributed by atoms with E-state index < -0.39 is 21.4 Å². The van der Waals surface area contributed by atoms with Crippen molar-refractivity contribution >= 4 is 45.3 Å². The molecular formula is C33H32F2IN7O2. The van der Waals surface area contributed by atoms with Gasteiger partial charge in [0.15, 0.2) is 3.55 Å². The quantitative estimate of drug-likeness (QED) is 0.149. The van der Waals surface area contributed by atoms with Gasteiger partial charge in [0.25, 0.3) is 11.8 Å². The number of alkyl halides is 3. The number of halogens is 3. The van der Waals surface area contributed by atoms with Crippen LogP contribution in [0, 0.1) is 0 Å². The number of aromatic nitrogens is 4. The molecule has 2 atom stereocenters. The monoisotopic (exact) mass is 723 g/mol. The normalized spacial score (nSPS) is 16.8. The third kappa shape index (κ3) is 6.46. The highest BCUT2D eigenvalue weighted by Crippen LogP contribution is 2.42. The molecule has 45 heavy (non-hydrogen) atoms. The van der Waals surface area contributed by atoms with Crippen molar-refractivity contribution in [3.05, 3.63) is 102 Å². The van der Waals surface area contributed by atoms with Crippen LogP contribution in [-0.2, 0) is 8.34 Å². The van der Waals surface area contributed by atoms with Crippen molar-refractivity contribution in [3.63, 3.8) is 0 Å². The molecular weight excluding hydrogens is 691 g/mol. The number of rotatable bonds is 10. The summed E-state index contributed by atoms with van der Waals surface area (Å²) in [6.07, 6.45) is 13.0. The standard InChI is InChI=1S/C33H32F2IN7O2/c1-20(42-31(45)32(2,34)35)33(36,27-18-38-29(39-19-27)22-8-9-22)43-28-11-10-24(14-26(28)17-41-43)23-6-3-7-25(13-23)30(44)40-16-21-5-4-12-37-15-21/h3-7,10-11,13-15,17-20,22,37H,8-9,12,16H2,1-2H3,(H,40,44)(H,42,45)/t20-,33+/m0/s1. The van der Waals surface area contributed by atoms with Gasteiger partial charge in [-0.3, -0.25) is 9.59 Å². The number of carbonyl (C=O) groups is 2. The first-order valence-electron chi connectivity index (χ1n) is 14.7. The van der Waals surface area contributed by atoms with E-state index in [1.54, 1.807) is 36.3 Å². The molecule has 3 N–H and O–H groups in total. The molecule has 2 aliphatic rings. The van der Waals surface area contributed by atoms with Crippen molar-refractivity contribution in [1.82, 2.24) is 35.7 Å². The number of fused-ring (bicyclic) bond motifs is 1. The molecule has 3 heterocycles. The van der Waals surface area contributed by atoms with Crippen molar-refractivity contribution in [2.75, 3.05) is 13.1 Å². The molecule has 232 valence electrons. The first-order chi connectivity index (χ1) is 21.5. The zero-order valence-corrected chi connectivity index (χ0v) is 26.9. The minimum absolute atomic E-state index is 0.177. The number of hydrogen-bond donors (Lipinski definition) is 3. The predicted octanol–water partition coefficient (Wildman–Crippen LogP) is 5.44. The van der Waals surface area contributed by atoms with Crippen LogP contribution in [0.15, 0.2) is 85.0 Å². The fourth-order valence-corrected chi connectivity index (χ4v) is 6.09. The van der Waals surface area contributed by atoms with Crippen LogP contribution in [0.2, 0.25) is 0 Å². The van der Waals surface area contributed by atoms with E-state index in [-0.39, 0.29) is 5.91 Å². The third-order valence-corrected chi connectivity index (χ3v) is 10.00. The molecule has 0 saturated heterocycles. The first-order valence-corrected chi connectivity index (χ1v) is 15.8. The molecule has 0 radical (unpaired) electrons. The van der Waals surface area contributed by atoms with E-state index in [0.29, 0.717) is 30.5 Å². The summed E-state index contributed by atoms with van der Waals surface area (Å²) in [7, 11) is 0. The lowest BCUT2D eigenvalue weighted by Gasteiger charge is -2.35. The van der Waals surface area contributed by atoms with Gasteiger partial charge in [-0.05, 0) is 83.3 Å². The van der Waals surface area contributed by atoms with Gasteiger partial charge in [-0.1, -0.05) is 30.4 Å². The summed E-state index contributed by atoms with van der Waals surface area (Å²) in [5.74, 6) is -4.01. The molecule has 6 rings (SSSR count). The lowest BCUT2D eigenvalue weighted by atomic mass is 10.00. The van der Waals surface area contributed by atoms with Gasteiger partial charge in [0, 0.05) is 61.0 Å². The summed E-state index contributed by atoms with van der Waals surface area (Å²) in [4.78, 5) is 34.4. The summed E-state index contributed by atoms with van der Waals surface area (Å²) in [5.41, 5.74) is 4.59. The van der Waals surface area contributed by atoms with E-state index in [4.69, 9.17) is 0 Å². The molecule has 0 bridgehead atoms. The van der Waals surface area contributed by atoms with Gasteiger partial charge in [0.1, 0.15) is 5.82 Å². The van der Waals surface area contributed by atoms with Gasteiger partial charge in [-0.15, -0.1) is 0 Å². The Balaban J connectivity index is 1.31. The van der Waals surface area contributed by atoms with Crippen LogP contribution in [0.3, 0.4) is 0 Å². The Kier molecular flexibility index (Phi) is 8.42. The van der Waals surface area contributed by atoms with E-state index in [0.717, 1.165) is 52.8 Å². The topological polar surface area (TPSA) is 114 Å². The van der Waals surface area contributed by atoms with Crippen LogP contribution in [0.4, 0.5) is 8.78 Å². The van der Waals surface area contributed by atoms with Crippen LogP contribution >= 0.6 is 22.6 Å². The van der Waals surface area contributed by atoms with Crippen LogP contribution in [-0.4, -0.2) is 56.6 Å². The van der Waals surface area contributed by atoms with Crippen LogP contribution in [0.5, 0.6) is 0 Å². The molecule has 2 aromatic heterocycles. The van der Waals surface area contributed by atoms with Crippen LogP contribution in [0.25, 0.3) is 22.0 Å². The number of carbonyl (C=O) groups excluding carboxylic acids is 2. The number of hydrogen-bond acceptors (Lipinski definition) is 6. The smallest absolute Gasteiger partial charge is 0.321 e. The second-order valence-electron chi connectivity index (χ2n) is 11.5. The molecule has 1 aliphatic carbocycles. The Hall–Kier alpha value is -4.20. The summed E-state index contributed by atoms with van der Waals surface area (Å²) in [6.45, 7) is 3.43. The van der Waals surface area contributed by atoms with E-state index in [2.05, 4.69) is 53.6 Å². The molecule has 12 heteroatoms. The van der Waals surface area contributed by atoms with E-state index in [9.17, 15) is 18.4 Å². The Labute approximate surface area is 272 Å². The maximum atomic E-state index is 13.9. The Bertz CT molecular complexity index is 1810. The zero-order chi connectivity index (χ0) is 31.8. The van der Waals surface area contributed by atoms with E-state index in [1.165, 1.54) is 0 Å². The molecule has 1 fully saturated rings. The molecule has 0 unspecified atom stereocenters. The van der Waals surface area contributed by atoms with Gasteiger partial charge in [-0.25, -0.2) is 14.6 Å². The number of nitrogens with one attached hydrogen (secondary N) is 3. The molecule has 2 aromatic carbocycles. The van der Waals surface area contributed by atoms with Gasteiger partial charge < -0.3 is 16.0 Å². The largest absolute Gasteiger partial charge is 0.387 e. The van der Waals surface area contributed by atoms with Gasteiger partial charge in [0.05, 0.1) is 17.8 Å². The van der Waals surface area contributed by atoms with Gasteiger partial charge in [0.2, 0.25) is 0 Å². The second-order valence-corrected chi connectivity index (χ2v) is 13.1. The maximum Gasteiger partial charge on any atom is 0.321 e. The summed E-state index contributed by atoms with van der Waals surface area (Å²) >= 11 is 2.14. The SMILES string of the molecule is C[C@H](NC(=O)C(C)(F)F)[C@](I)(c1cnc(C2CC2)nc1)n1ncc2cc(-c3cccc(C(=O)NCC4=CNCC=C4)c3)ccc21. The summed E-state index contributed by atoms with van der Waals surface area (Å²) < 4.78 is 28.4. The average Bonchev–Trinajstić information content (AvgIpc) is 3.81. The highest BCUT2D eigenvalue weighted by molar-refractivity contribution is 14.1. The zero-order valence-electron chi connectivity index (χ0n) is 24.7. The van der Waals surface area contributed by atoms with Gasteiger partial charge >= 0.3 is 5.92 Å². The highest BCUT2D eigenvalue weighted by Gasteiger charge is 2.44. The van der Waals surface area contributed by atoms with Crippen molar-refractivity contribution in [2.24, 2.45) is 0 Å². The second kappa shape index (κ2) is 12.3. The molecule has 9 nitrogen and oxygen atoms in total. The Morgan fingerprint density at radius 2 is 1.87 bits per heavy atom. The summed E-state index contributed by atoms with van der Waals surface area (Å²) in [5, 5.41) is 14.1. The molecule has 2 amide bonds. The van der Waals surface area contributed by atoms with Crippen LogP contribution < -0.4 is 16.0 Å². The lowest BCUT2D eigenvalue weighted by molar-refractivity contribution is -0.144. The van der Waals surface area contributed by atoms with Crippen molar-refractivity contribution in [1.29, 1.82) is 0 Å².